The van der Waals surface area contributed by atoms with E-state index >= 15 is 0 Å². The van der Waals surface area contributed by atoms with Gasteiger partial charge in [0.25, 0.3) is 0 Å². The van der Waals surface area contributed by atoms with Crippen molar-refractivity contribution < 1.29 is 0 Å². The summed E-state index contributed by atoms with van der Waals surface area (Å²) < 4.78 is 0. The number of hydrazine groups is 1. The van der Waals surface area contributed by atoms with E-state index in [4.69, 9.17) is 5.84 Å². The number of hydrogen-bond donors (Lipinski definition) is 2. The fraction of sp³-hybridized carbons (Fsp3) is 0.778. The van der Waals surface area contributed by atoms with Gasteiger partial charge >= 0.3 is 0 Å². The largest absolute Gasteiger partial charge is 0.328 e. The van der Waals surface area contributed by atoms with Crippen molar-refractivity contribution in [2.45, 2.75) is 46.5 Å². The van der Waals surface area contributed by atoms with Gasteiger partial charge < -0.3 is 5.43 Å². The summed E-state index contributed by atoms with van der Waals surface area (Å²) in [5.41, 5.74) is 5.45. The Morgan fingerprint density at radius 1 is 1.18 bits per heavy atom. The molecule has 2 heteroatoms. The predicted octanol–water partition coefficient (Wildman–Crippen LogP) is 2.32. The average Bonchev–Trinajstić information content (AvgIpc) is 2.05. The summed E-state index contributed by atoms with van der Waals surface area (Å²) in [6, 6.07) is 0. The van der Waals surface area contributed by atoms with Crippen LogP contribution in [-0.2, 0) is 0 Å². The molecule has 0 radical (unpaired) electrons. The van der Waals surface area contributed by atoms with Gasteiger partial charge in [-0.1, -0.05) is 32.8 Å². The van der Waals surface area contributed by atoms with Crippen molar-refractivity contribution >= 4 is 0 Å². The number of hydrogen-bond acceptors (Lipinski definition) is 2. The first-order chi connectivity index (χ1) is 5.29. The third-order valence-corrected chi connectivity index (χ3v) is 1.93. The Morgan fingerprint density at radius 3 is 2.09 bits per heavy atom. The molecule has 0 amide bonds. The summed E-state index contributed by atoms with van der Waals surface area (Å²) in [5.74, 6) is 5.38. The van der Waals surface area contributed by atoms with Crippen molar-refractivity contribution in [3.05, 3.63) is 11.3 Å². The van der Waals surface area contributed by atoms with E-state index in [1.54, 1.807) is 0 Å². The summed E-state index contributed by atoms with van der Waals surface area (Å²) in [4.78, 5) is 0. The molecule has 0 aliphatic heterocycles. The van der Waals surface area contributed by atoms with Crippen molar-refractivity contribution in [1.82, 2.24) is 5.43 Å². The maximum Gasteiger partial charge on any atom is 0.0248 e. The van der Waals surface area contributed by atoms with Gasteiger partial charge in [-0.15, -0.1) is 0 Å². The van der Waals surface area contributed by atoms with Crippen molar-refractivity contribution in [2.24, 2.45) is 5.84 Å². The van der Waals surface area contributed by atoms with Crippen molar-refractivity contribution in [3.8, 4) is 0 Å². The fourth-order valence-electron chi connectivity index (χ4n) is 1.30. The minimum Gasteiger partial charge on any atom is -0.328 e. The molecule has 0 heterocycles. The molecule has 2 nitrogen and oxygen atoms in total. The molecular formula is C9H20N2. The SMILES string of the molecule is CCCC(CC)=C(CC)NN. The van der Waals surface area contributed by atoms with Gasteiger partial charge in [0.2, 0.25) is 0 Å². The minimum absolute atomic E-state index is 1.01. The van der Waals surface area contributed by atoms with Crippen LogP contribution in [0.2, 0.25) is 0 Å². The Bertz CT molecular complexity index is 122. The average molecular weight is 156 g/mol. The molecular weight excluding hydrogens is 136 g/mol. The summed E-state index contributed by atoms with van der Waals surface area (Å²) in [6.07, 6.45) is 4.50. The Balaban J connectivity index is 4.21. The normalized spacial score (nSPS) is 12.7. The van der Waals surface area contributed by atoms with Gasteiger partial charge in [-0.3, -0.25) is 5.84 Å². The zero-order valence-corrected chi connectivity index (χ0v) is 7.91. The highest BCUT2D eigenvalue weighted by atomic mass is 15.2. The zero-order valence-electron chi connectivity index (χ0n) is 7.91. The first-order valence-corrected chi connectivity index (χ1v) is 4.47. The molecule has 0 saturated carbocycles. The lowest BCUT2D eigenvalue weighted by Gasteiger charge is -2.10. The van der Waals surface area contributed by atoms with E-state index in [1.165, 1.54) is 24.1 Å². The Kier molecular flexibility index (Phi) is 5.94. The second kappa shape index (κ2) is 6.23. The molecule has 11 heavy (non-hydrogen) atoms. The highest BCUT2D eigenvalue weighted by Gasteiger charge is 1.99. The third kappa shape index (κ3) is 3.42. The molecule has 0 atom stereocenters. The lowest BCUT2D eigenvalue weighted by molar-refractivity contribution is 0.750. The van der Waals surface area contributed by atoms with Crippen LogP contribution >= 0.6 is 0 Å². The minimum atomic E-state index is 1.01. The van der Waals surface area contributed by atoms with Crippen molar-refractivity contribution in [3.63, 3.8) is 0 Å². The van der Waals surface area contributed by atoms with Crippen LogP contribution in [0.5, 0.6) is 0 Å². The van der Waals surface area contributed by atoms with Crippen molar-refractivity contribution in [2.75, 3.05) is 0 Å². The standard InChI is InChI=1S/C9H20N2/c1-4-7-8(5-2)9(6-3)11-10/h11H,4-7,10H2,1-3H3. The molecule has 0 aromatic carbocycles. The summed E-state index contributed by atoms with van der Waals surface area (Å²) >= 11 is 0. The molecule has 0 rings (SSSR count). The predicted molar refractivity (Wildman–Crippen MR) is 49.8 cm³/mol. The van der Waals surface area contributed by atoms with E-state index in [2.05, 4.69) is 26.2 Å². The monoisotopic (exact) mass is 156 g/mol. The molecule has 0 aromatic rings. The lowest BCUT2D eigenvalue weighted by atomic mass is 10.0. The summed E-state index contributed by atoms with van der Waals surface area (Å²) in [6.45, 7) is 6.50. The van der Waals surface area contributed by atoms with E-state index in [0.29, 0.717) is 0 Å². The van der Waals surface area contributed by atoms with Crippen LogP contribution in [0, 0.1) is 0 Å². The van der Waals surface area contributed by atoms with Gasteiger partial charge in [0, 0.05) is 5.70 Å². The van der Waals surface area contributed by atoms with Gasteiger partial charge in [0.15, 0.2) is 0 Å². The Labute approximate surface area is 69.8 Å². The number of rotatable bonds is 5. The summed E-state index contributed by atoms with van der Waals surface area (Å²) in [5, 5.41) is 0. The fourth-order valence-corrected chi connectivity index (χ4v) is 1.30. The molecule has 0 fully saturated rings. The van der Waals surface area contributed by atoms with E-state index in [9.17, 15) is 0 Å². The molecule has 0 aliphatic carbocycles. The highest BCUT2D eigenvalue weighted by Crippen LogP contribution is 2.14. The van der Waals surface area contributed by atoms with Crippen molar-refractivity contribution in [1.29, 1.82) is 0 Å². The van der Waals surface area contributed by atoms with Gasteiger partial charge in [-0.25, -0.2) is 0 Å². The third-order valence-electron chi connectivity index (χ3n) is 1.93. The Morgan fingerprint density at radius 2 is 1.82 bits per heavy atom. The molecule has 0 spiro atoms. The maximum absolute atomic E-state index is 5.38. The van der Waals surface area contributed by atoms with Crippen LogP contribution in [-0.4, -0.2) is 0 Å². The number of nitrogens with one attached hydrogen (secondary N) is 1. The molecule has 0 aromatic heterocycles. The van der Waals surface area contributed by atoms with E-state index in [-0.39, 0.29) is 0 Å². The zero-order chi connectivity index (χ0) is 8.69. The van der Waals surface area contributed by atoms with Gasteiger partial charge in [0.1, 0.15) is 0 Å². The quantitative estimate of drug-likeness (QED) is 0.473. The molecule has 0 aliphatic rings. The first kappa shape index (κ1) is 10.5. The van der Waals surface area contributed by atoms with Crippen LogP contribution in [0.4, 0.5) is 0 Å². The summed E-state index contributed by atoms with van der Waals surface area (Å²) in [7, 11) is 0. The van der Waals surface area contributed by atoms with Gasteiger partial charge in [0.05, 0.1) is 0 Å². The first-order valence-electron chi connectivity index (χ1n) is 4.47. The number of nitrogens with two attached hydrogens (primary N) is 1. The van der Waals surface area contributed by atoms with Gasteiger partial charge in [-0.05, 0) is 19.3 Å². The maximum atomic E-state index is 5.38. The van der Waals surface area contributed by atoms with E-state index < -0.39 is 0 Å². The highest BCUT2D eigenvalue weighted by molar-refractivity contribution is 5.10. The van der Waals surface area contributed by atoms with Crippen LogP contribution in [0.25, 0.3) is 0 Å². The smallest absolute Gasteiger partial charge is 0.0248 e. The van der Waals surface area contributed by atoms with Gasteiger partial charge in [-0.2, -0.15) is 0 Å². The van der Waals surface area contributed by atoms with Crippen LogP contribution in [0.15, 0.2) is 11.3 Å². The van der Waals surface area contributed by atoms with Crippen LogP contribution < -0.4 is 11.3 Å². The number of allylic oxidation sites excluding steroid dienone is 2. The second-order valence-corrected chi connectivity index (χ2v) is 2.68. The van der Waals surface area contributed by atoms with E-state index in [1.807, 2.05) is 0 Å². The molecule has 0 unspecified atom stereocenters. The molecule has 66 valence electrons. The van der Waals surface area contributed by atoms with Crippen LogP contribution in [0.1, 0.15) is 46.5 Å². The molecule has 0 bridgehead atoms. The molecule has 3 N–H and O–H groups in total. The lowest BCUT2D eigenvalue weighted by Crippen LogP contribution is -2.22. The topological polar surface area (TPSA) is 38.0 Å². The second-order valence-electron chi connectivity index (χ2n) is 2.68. The Hall–Kier alpha value is -0.500. The van der Waals surface area contributed by atoms with Crippen LogP contribution in [0.3, 0.4) is 0 Å². The molecule has 0 saturated heterocycles. The van der Waals surface area contributed by atoms with E-state index in [0.717, 1.165) is 12.8 Å².